The first-order chi connectivity index (χ1) is 9.63. The summed E-state index contributed by atoms with van der Waals surface area (Å²) in [5.74, 6) is 0.109. The number of nitrogens with two attached hydrogens (primary N) is 1. The van der Waals surface area contributed by atoms with Gasteiger partial charge in [0.15, 0.2) is 0 Å². The molecular weight excluding hydrogens is 290 g/mol. The SMILES string of the molecule is Cl.NC1CCN(C(=O)c2ccc3c(c2)CCC(=O)N3)CC1. The zero-order chi connectivity index (χ0) is 14.1. The van der Waals surface area contributed by atoms with E-state index in [0.717, 1.165) is 37.2 Å². The van der Waals surface area contributed by atoms with Crippen LogP contribution in [0, 0.1) is 0 Å². The van der Waals surface area contributed by atoms with E-state index in [9.17, 15) is 9.59 Å². The minimum absolute atomic E-state index is 0. The Kier molecular flexibility index (Phi) is 4.85. The average Bonchev–Trinajstić information content (AvgIpc) is 2.47. The standard InChI is InChI=1S/C15H19N3O2.ClH/c16-12-5-7-18(8-6-12)15(20)11-1-3-13-10(9-11)2-4-14(19)17-13;/h1,3,9,12H,2,4-8,16H2,(H,17,19);1H. The Bertz CT molecular complexity index is 554. The smallest absolute Gasteiger partial charge is 0.253 e. The van der Waals surface area contributed by atoms with Crippen molar-refractivity contribution in [3.05, 3.63) is 29.3 Å². The van der Waals surface area contributed by atoms with Gasteiger partial charge < -0.3 is 16.0 Å². The number of carbonyl (C=O) groups is 2. The van der Waals surface area contributed by atoms with Crippen LogP contribution in [-0.2, 0) is 11.2 Å². The first-order valence-corrected chi connectivity index (χ1v) is 7.11. The van der Waals surface area contributed by atoms with Crippen molar-refractivity contribution in [2.24, 2.45) is 5.73 Å². The number of fused-ring (bicyclic) bond motifs is 1. The molecule has 6 heteroatoms. The molecule has 0 spiro atoms. The largest absolute Gasteiger partial charge is 0.339 e. The highest BCUT2D eigenvalue weighted by Crippen LogP contribution is 2.24. The third-order valence-corrected chi connectivity index (χ3v) is 4.07. The lowest BCUT2D eigenvalue weighted by Crippen LogP contribution is -2.42. The Morgan fingerprint density at radius 3 is 2.67 bits per heavy atom. The number of anilines is 1. The molecule has 2 amide bonds. The van der Waals surface area contributed by atoms with Crippen LogP contribution in [-0.4, -0.2) is 35.8 Å². The molecule has 5 nitrogen and oxygen atoms in total. The summed E-state index contributed by atoms with van der Waals surface area (Å²) in [6, 6.07) is 5.75. The van der Waals surface area contributed by atoms with Gasteiger partial charge in [0, 0.05) is 36.8 Å². The number of likely N-dealkylation sites (tertiary alicyclic amines) is 1. The van der Waals surface area contributed by atoms with Gasteiger partial charge in [-0.2, -0.15) is 0 Å². The lowest BCUT2D eigenvalue weighted by Gasteiger charge is -2.30. The van der Waals surface area contributed by atoms with Crippen molar-refractivity contribution in [3.8, 4) is 0 Å². The number of aryl methyl sites for hydroxylation is 1. The summed E-state index contributed by atoms with van der Waals surface area (Å²) in [4.78, 5) is 25.6. The maximum absolute atomic E-state index is 12.5. The third kappa shape index (κ3) is 3.36. The van der Waals surface area contributed by atoms with Gasteiger partial charge in [-0.1, -0.05) is 0 Å². The summed E-state index contributed by atoms with van der Waals surface area (Å²) in [7, 11) is 0. The summed E-state index contributed by atoms with van der Waals surface area (Å²) in [6.07, 6.45) is 2.93. The second kappa shape index (κ2) is 6.45. The molecule has 0 bridgehead atoms. The molecule has 3 rings (SSSR count). The minimum atomic E-state index is 0. The molecule has 0 aliphatic carbocycles. The van der Waals surface area contributed by atoms with E-state index >= 15 is 0 Å². The van der Waals surface area contributed by atoms with Gasteiger partial charge in [-0.25, -0.2) is 0 Å². The van der Waals surface area contributed by atoms with Crippen LogP contribution in [0.5, 0.6) is 0 Å². The maximum Gasteiger partial charge on any atom is 0.253 e. The van der Waals surface area contributed by atoms with Crippen LogP contribution in [0.2, 0.25) is 0 Å². The molecule has 2 aliphatic heterocycles. The van der Waals surface area contributed by atoms with Crippen LogP contribution in [0.1, 0.15) is 35.2 Å². The van der Waals surface area contributed by atoms with Crippen molar-refractivity contribution in [1.29, 1.82) is 0 Å². The Morgan fingerprint density at radius 1 is 1.24 bits per heavy atom. The molecule has 114 valence electrons. The number of hydrogen-bond acceptors (Lipinski definition) is 3. The van der Waals surface area contributed by atoms with Gasteiger partial charge in [-0.05, 0) is 43.0 Å². The number of rotatable bonds is 1. The summed E-state index contributed by atoms with van der Waals surface area (Å²) in [6.45, 7) is 1.46. The fourth-order valence-corrected chi connectivity index (χ4v) is 2.80. The molecule has 2 aliphatic rings. The average molecular weight is 310 g/mol. The molecule has 21 heavy (non-hydrogen) atoms. The van der Waals surface area contributed by atoms with Crippen molar-refractivity contribution in [3.63, 3.8) is 0 Å². The molecule has 0 unspecified atom stereocenters. The lowest BCUT2D eigenvalue weighted by atomic mass is 9.99. The van der Waals surface area contributed by atoms with Gasteiger partial charge in [0.2, 0.25) is 5.91 Å². The van der Waals surface area contributed by atoms with E-state index in [1.54, 1.807) is 6.07 Å². The highest BCUT2D eigenvalue weighted by Gasteiger charge is 2.23. The van der Waals surface area contributed by atoms with Crippen molar-refractivity contribution >= 4 is 29.9 Å². The zero-order valence-corrected chi connectivity index (χ0v) is 12.6. The Morgan fingerprint density at radius 2 is 1.95 bits per heavy atom. The highest BCUT2D eigenvalue weighted by atomic mass is 35.5. The second-order valence-electron chi connectivity index (χ2n) is 5.55. The first kappa shape index (κ1) is 15.8. The van der Waals surface area contributed by atoms with E-state index in [1.165, 1.54) is 0 Å². The van der Waals surface area contributed by atoms with Gasteiger partial charge in [-0.15, -0.1) is 12.4 Å². The van der Waals surface area contributed by atoms with Gasteiger partial charge in [0.1, 0.15) is 0 Å². The lowest BCUT2D eigenvalue weighted by molar-refractivity contribution is -0.116. The molecule has 2 heterocycles. The van der Waals surface area contributed by atoms with Crippen LogP contribution < -0.4 is 11.1 Å². The monoisotopic (exact) mass is 309 g/mol. The summed E-state index contributed by atoms with van der Waals surface area (Å²) in [5, 5.41) is 2.83. The van der Waals surface area contributed by atoms with E-state index in [0.29, 0.717) is 18.4 Å². The third-order valence-electron chi connectivity index (χ3n) is 4.07. The van der Waals surface area contributed by atoms with Gasteiger partial charge >= 0.3 is 0 Å². The van der Waals surface area contributed by atoms with Crippen LogP contribution >= 0.6 is 12.4 Å². The predicted molar refractivity (Wildman–Crippen MR) is 83.8 cm³/mol. The van der Waals surface area contributed by atoms with Crippen molar-refractivity contribution in [1.82, 2.24) is 4.90 Å². The number of nitrogens with one attached hydrogen (secondary N) is 1. The second-order valence-corrected chi connectivity index (χ2v) is 5.55. The summed E-state index contributed by atoms with van der Waals surface area (Å²) in [5.41, 5.74) is 8.44. The van der Waals surface area contributed by atoms with E-state index in [1.807, 2.05) is 17.0 Å². The fourth-order valence-electron chi connectivity index (χ4n) is 2.80. The Balaban J connectivity index is 0.00000161. The Labute approximate surface area is 130 Å². The van der Waals surface area contributed by atoms with Crippen LogP contribution in [0.25, 0.3) is 0 Å². The van der Waals surface area contributed by atoms with Gasteiger partial charge in [0.05, 0.1) is 0 Å². The Hall–Kier alpha value is -1.59. The highest BCUT2D eigenvalue weighted by molar-refractivity contribution is 5.98. The van der Waals surface area contributed by atoms with Crippen LogP contribution in [0.4, 0.5) is 5.69 Å². The molecule has 1 saturated heterocycles. The topological polar surface area (TPSA) is 75.4 Å². The number of benzene rings is 1. The fraction of sp³-hybridized carbons (Fsp3) is 0.467. The number of carbonyl (C=O) groups excluding carboxylic acids is 2. The molecule has 1 aromatic carbocycles. The first-order valence-electron chi connectivity index (χ1n) is 7.11. The molecule has 0 atom stereocenters. The van der Waals surface area contributed by atoms with Gasteiger partial charge in [0.25, 0.3) is 5.91 Å². The predicted octanol–water partition coefficient (Wildman–Crippen LogP) is 1.56. The number of amides is 2. The quantitative estimate of drug-likeness (QED) is 0.826. The summed E-state index contributed by atoms with van der Waals surface area (Å²) >= 11 is 0. The van der Waals surface area contributed by atoms with E-state index in [2.05, 4.69) is 5.32 Å². The number of halogens is 1. The normalized spacial score (nSPS) is 18.5. The molecule has 1 fully saturated rings. The molecule has 0 saturated carbocycles. The van der Waals surface area contributed by atoms with E-state index in [-0.39, 0.29) is 30.3 Å². The van der Waals surface area contributed by atoms with Crippen LogP contribution in [0.15, 0.2) is 18.2 Å². The van der Waals surface area contributed by atoms with Crippen LogP contribution in [0.3, 0.4) is 0 Å². The molecule has 0 radical (unpaired) electrons. The maximum atomic E-state index is 12.5. The van der Waals surface area contributed by atoms with Crippen molar-refractivity contribution in [2.75, 3.05) is 18.4 Å². The van der Waals surface area contributed by atoms with E-state index < -0.39 is 0 Å². The zero-order valence-electron chi connectivity index (χ0n) is 11.8. The van der Waals surface area contributed by atoms with Crippen molar-refractivity contribution in [2.45, 2.75) is 31.7 Å². The number of piperidine rings is 1. The number of hydrogen-bond donors (Lipinski definition) is 2. The molecular formula is C15H20ClN3O2. The summed E-state index contributed by atoms with van der Waals surface area (Å²) < 4.78 is 0. The molecule has 0 aromatic heterocycles. The minimum Gasteiger partial charge on any atom is -0.339 e. The van der Waals surface area contributed by atoms with Crippen molar-refractivity contribution < 1.29 is 9.59 Å². The molecule has 3 N–H and O–H groups in total. The van der Waals surface area contributed by atoms with Gasteiger partial charge in [-0.3, -0.25) is 9.59 Å². The van der Waals surface area contributed by atoms with E-state index in [4.69, 9.17) is 5.73 Å². The number of nitrogens with zero attached hydrogens (tertiary/aromatic N) is 1. The molecule has 1 aromatic rings.